The highest BCUT2D eigenvalue weighted by molar-refractivity contribution is 9.10. The highest BCUT2D eigenvalue weighted by Crippen LogP contribution is 2.16. The molecule has 0 unspecified atom stereocenters. The van der Waals surface area contributed by atoms with E-state index in [1.54, 1.807) is 24.4 Å². The first-order chi connectivity index (χ1) is 8.15. The van der Waals surface area contributed by atoms with Crippen molar-refractivity contribution in [1.29, 1.82) is 0 Å². The van der Waals surface area contributed by atoms with E-state index >= 15 is 0 Å². The van der Waals surface area contributed by atoms with E-state index in [0.717, 1.165) is 10.0 Å². The summed E-state index contributed by atoms with van der Waals surface area (Å²) in [5, 5.41) is 10.2. The number of nitrogens with one attached hydrogen (secondary N) is 1. The molecule has 0 bridgehead atoms. The number of amides is 1. The van der Waals surface area contributed by atoms with Crippen LogP contribution in [-0.2, 0) is 0 Å². The van der Waals surface area contributed by atoms with Crippen molar-refractivity contribution in [2.45, 2.75) is 6.92 Å². The quantitative estimate of drug-likeness (QED) is 0.926. The average Bonchev–Trinajstić information content (AvgIpc) is 2.29. The molecule has 0 atom stereocenters. The number of carbonyl (C=O) groups is 1. The van der Waals surface area contributed by atoms with Gasteiger partial charge in [-0.2, -0.15) is 5.10 Å². The van der Waals surface area contributed by atoms with Gasteiger partial charge in [0, 0.05) is 16.2 Å². The third kappa shape index (κ3) is 3.10. The van der Waals surface area contributed by atoms with Crippen molar-refractivity contribution in [2.24, 2.45) is 0 Å². The van der Waals surface area contributed by atoms with Gasteiger partial charge in [-0.3, -0.25) is 4.79 Å². The fourth-order valence-corrected chi connectivity index (χ4v) is 2.03. The van der Waals surface area contributed by atoms with Crippen LogP contribution in [0.25, 0.3) is 0 Å². The summed E-state index contributed by atoms with van der Waals surface area (Å²) in [6, 6.07) is 8.93. The van der Waals surface area contributed by atoms with E-state index in [-0.39, 0.29) is 5.91 Å². The molecule has 0 spiro atoms. The molecule has 0 aliphatic carbocycles. The van der Waals surface area contributed by atoms with Crippen LogP contribution in [0.1, 0.15) is 15.9 Å². The van der Waals surface area contributed by atoms with Gasteiger partial charge in [0.1, 0.15) is 0 Å². The van der Waals surface area contributed by atoms with Gasteiger partial charge in [-0.25, -0.2) is 0 Å². The molecule has 0 fully saturated rings. The van der Waals surface area contributed by atoms with Crippen LogP contribution in [0.4, 0.5) is 5.82 Å². The van der Waals surface area contributed by atoms with Gasteiger partial charge in [0.2, 0.25) is 0 Å². The van der Waals surface area contributed by atoms with Gasteiger partial charge in [-0.1, -0.05) is 15.9 Å². The van der Waals surface area contributed by atoms with Gasteiger partial charge in [-0.05, 0) is 42.8 Å². The summed E-state index contributed by atoms with van der Waals surface area (Å²) in [5.74, 6) is 0.241. The first kappa shape index (κ1) is 11.7. The minimum Gasteiger partial charge on any atom is -0.305 e. The Balaban J connectivity index is 2.20. The third-order valence-electron chi connectivity index (χ3n) is 2.12. The smallest absolute Gasteiger partial charge is 0.256 e. The number of hydrogen-bond donors (Lipinski definition) is 1. The van der Waals surface area contributed by atoms with E-state index in [1.165, 1.54) is 0 Å². The number of hydrogen-bond acceptors (Lipinski definition) is 3. The molecular weight excluding hydrogens is 282 g/mol. The number of carbonyl (C=O) groups excluding carboxylic acids is 1. The molecular formula is C12H10BrN3O. The summed E-state index contributed by atoms with van der Waals surface area (Å²) in [6.45, 7) is 1.93. The molecule has 1 amide bonds. The lowest BCUT2D eigenvalue weighted by molar-refractivity contribution is 0.102. The highest BCUT2D eigenvalue weighted by atomic mass is 79.9. The zero-order valence-electron chi connectivity index (χ0n) is 9.14. The Labute approximate surface area is 107 Å². The van der Waals surface area contributed by atoms with Gasteiger partial charge < -0.3 is 5.32 Å². The van der Waals surface area contributed by atoms with Crippen molar-refractivity contribution in [3.63, 3.8) is 0 Å². The summed E-state index contributed by atoms with van der Waals surface area (Å²) in [5.41, 5.74) is 1.60. The van der Waals surface area contributed by atoms with E-state index < -0.39 is 0 Å². The maximum Gasteiger partial charge on any atom is 0.256 e. The lowest BCUT2D eigenvalue weighted by Crippen LogP contribution is -2.13. The molecule has 2 aromatic rings. The third-order valence-corrected chi connectivity index (χ3v) is 2.58. The summed E-state index contributed by atoms with van der Waals surface area (Å²) in [4.78, 5) is 11.9. The summed E-state index contributed by atoms with van der Waals surface area (Å²) in [7, 11) is 0. The molecule has 1 aromatic heterocycles. The molecule has 1 heterocycles. The second-order valence-corrected chi connectivity index (χ2v) is 4.50. The van der Waals surface area contributed by atoms with Crippen LogP contribution in [0.2, 0.25) is 0 Å². The molecule has 4 nitrogen and oxygen atoms in total. The maximum absolute atomic E-state index is 11.9. The number of aromatic nitrogens is 2. The Morgan fingerprint density at radius 2 is 2.18 bits per heavy atom. The molecule has 0 aliphatic rings. The minimum absolute atomic E-state index is 0.199. The first-order valence-electron chi connectivity index (χ1n) is 5.01. The van der Waals surface area contributed by atoms with Crippen molar-refractivity contribution in [1.82, 2.24) is 10.2 Å². The maximum atomic E-state index is 11.9. The van der Waals surface area contributed by atoms with Crippen molar-refractivity contribution >= 4 is 27.7 Å². The van der Waals surface area contributed by atoms with Gasteiger partial charge in [-0.15, -0.1) is 5.10 Å². The summed E-state index contributed by atoms with van der Waals surface area (Å²) in [6.07, 6.45) is 1.55. The molecule has 5 heteroatoms. The average molecular weight is 292 g/mol. The van der Waals surface area contributed by atoms with Crippen molar-refractivity contribution in [2.75, 3.05) is 5.32 Å². The zero-order valence-corrected chi connectivity index (χ0v) is 10.7. The predicted molar refractivity (Wildman–Crippen MR) is 68.9 cm³/mol. The van der Waals surface area contributed by atoms with Crippen LogP contribution < -0.4 is 5.32 Å². The zero-order chi connectivity index (χ0) is 12.3. The molecule has 0 radical (unpaired) electrons. The Kier molecular flexibility index (Phi) is 3.49. The standard InChI is InChI=1S/C12H10BrN3O/c1-8-5-9(7-10(13)6-8)12(17)15-11-3-2-4-14-16-11/h2-7H,1H3,(H,15,16,17). The first-order valence-corrected chi connectivity index (χ1v) is 5.81. The van der Waals surface area contributed by atoms with Crippen molar-refractivity contribution in [3.8, 4) is 0 Å². The largest absolute Gasteiger partial charge is 0.305 e. The number of benzene rings is 1. The van der Waals surface area contributed by atoms with Gasteiger partial charge in [0.25, 0.3) is 5.91 Å². The van der Waals surface area contributed by atoms with E-state index in [2.05, 4.69) is 31.4 Å². The number of anilines is 1. The van der Waals surface area contributed by atoms with Crippen molar-refractivity contribution < 1.29 is 4.79 Å². The van der Waals surface area contributed by atoms with Gasteiger partial charge in [0.15, 0.2) is 5.82 Å². The molecule has 2 rings (SSSR count). The topological polar surface area (TPSA) is 54.9 Å². The monoisotopic (exact) mass is 291 g/mol. The Bertz CT molecular complexity index is 522. The number of aryl methyl sites for hydroxylation is 1. The molecule has 1 N–H and O–H groups in total. The number of halogens is 1. The Hall–Kier alpha value is -1.75. The molecule has 0 aliphatic heterocycles. The second kappa shape index (κ2) is 5.05. The second-order valence-electron chi connectivity index (χ2n) is 3.58. The van der Waals surface area contributed by atoms with Crippen LogP contribution >= 0.6 is 15.9 Å². The van der Waals surface area contributed by atoms with Crippen molar-refractivity contribution in [3.05, 3.63) is 52.1 Å². The van der Waals surface area contributed by atoms with E-state index in [9.17, 15) is 4.79 Å². The lowest BCUT2D eigenvalue weighted by atomic mass is 10.1. The molecule has 86 valence electrons. The van der Waals surface area contributed by atoms with Crippen LogP contribution in [0.15, 0.2) is 41.0 Å². The predicted octanol–water partition coefficient (Wildman–Crippen LogP) is 2.80. The normalized spacial score (nSPS) is 10.0. The number of rotatable bonds is 2. The molecule has 17 heavy (non-hydrogen) atoms. The van der Waals surface area contributed by atoms with Crippen LogP contribution in [0.3, 0.4) is 0 Å². The summed E-state index contributed by atoms with van der Waals surface area (Å²) < 4.78 is 0.877. The molecule has 1 aromatic carbocycles. The fraction of sp³-hybridized carbons (Fsp3) is 0.0833. The summed E-state index contributed by atoms with van der Waals surface area (Å²) >= 11 is 3.36. The van der Waals surface area contributed by atoms with Gasteiger partial charge in [0.05, 0.1) is 0 Å². The van der Waals surface area contributed by atoms with Gasteiger partial charge >= 0.3 is 0 Å². The molecule has 0 saturated carbocycles. The highest BCUT2D eigenvalue weighted by Gasteiger charge is 2.08. The SMILES string of the molecule is Cc1cc(Br)cc(C(=O)Nc2cccnn2)c1. The van der Waals surface area contributed by atoms with Crippen LogP contribution in [-0.4, -0.2) is 16.1 Å². The van der Waals surface area contributed by atoms with Crippen LogP contribution in [0, 0.1) is 6.92 Å². The fourth-order valence-electron chi connectivity index (χ4n) is 1.42. The molecule has 0 saturated heterocycles. The number of nitrogens with zero attached hydrogens (tertiary/aromatic N) is 2. The van der Waals surface area contributed by atoms with E-state index in [1.807, 2.05) is 19.1 Å². The van der Waals surface area contributed by atoms with Crippen LogP contribution in [0.5, 0.6) is 0 Å². The van der Waals surface area contributed by atoms with E-state index in [0.29, 0.717) is 11.4 Å². The van der Waals surface area contributed by atoms with E-state index in [4.69, 9.17) is 0 Å². The Morgan fingerprint density at radius 1 is 1.35 bits per heavy atom. The minimum atomic E-state index is -0.199. The Morgan fingerprint density at radius 3 is 2.82 bits per heavy atom. The lowest BCUT2D eigenvalue weighted by Gasteiger charge is -2.05.